The zero-order valence-corrected chi connectivity index (χ0v) is 19.2. The molecule has 5 aromatic rings. The van der Waals surface area contributed by atoms with Crippen LogP contribution in [-0.4, -0.2) is 33.4 Å². The van der Waals surface area contributed by atoms with E-state index in [-0.39, 0.29) is 0 Å². The summed E-state index contributed by atoms with van der Waals surface area (Å²) in [7, 11) is 0. The number of rotatable bonds is 6. The van der Waals surface area contributed by atoms with Gasteiger partial charge in [-0.15, -0.1) is 11.3 Å². The highest BCUT2D eigenvalue weighted by Crippen LogP contribution is 2.26. The molecule has 0 fully saturated rings. The molecule has 0 atom stereocenters. The van der Waals surface area contributed by atoms with E-state index < -0.39 is 18.5 Å². The highest BCUT2D eigenvalue weighted by atomic mass is 35.5. The predicted octanol–water partition coefficient (Wildman–Crippen LogP) is 5.80. The first-order valence-electron chi connectivity index (χ1n) is 10.3. The van der Waals surface area contributed by atoms with Crippen molar-refractivity contribution in [3.63, 3.8) is 0 Å². The van der Waals surface area contributed by atoms with Crippen LogP contribution in [0.25, 0.3) is 33.7 Å². The summed E-state index contributed by atoms with van der Waals surface area (Å²) in [6, 6.07) is 22.0. The van der Waals surface area contributed by atoms with Crippen LogP contribution in [0.2, 0.25) is 5.02 Å². The Balaban J connectivity index is 1.20. The number of benzene rings is 3. The number of thiazole rings is 1. The molecule has 0 unspecified atom stereocenters. The lowest BCUT2D eigenvalue weighted by Crippen LogP contribution is -2.20. The first-order chi connectivity index (χ1) is 16.5. The van der Waals surface area contributed by atoms with Gasteiger partial charge in [-0.3, -0.25) is 10.1 Å². The molecule has 168 valence electrons. The van der Waals surface area contributed by atoms with Crippen molar-refractivity contribution in [2.24, 2.45) is 0 Å². The Morgan fingerprint density at radius 1 is 0.971 bits per heavy atom. The second-order valence-corrected chi connectivity index (χ2v) is 8.65. The number of anilines is 1. The maximum absolute atomic E-state index is 12.5. The minimum Gasteiger partial charge on any atom is -0.452 e. The third-order valence-electron chi connectivity index (χ3n) is 4.99. The minimum atomic E-state index is -0.603. The van der Waals surface area contributed by atoms with Gasteiger partial charge in [0, 0.05) is 21.5 Å². The van der Waals surface area contributed by atoms with Crippen LogP contribution in [0.4, 0.5) is 5.13 Å². The van der Waals surface area contributed by atoms with Crippen molar-refractivity contribution in [1.29, 1.82) is 0 Å². The lowest BCUT2D eigenvalue weighted by molar-refractivity contribution is -0.119. The van der Waals surface area contributed by atoms with E-state index in [1.807, 2.05) is 47.8 Å². The zero-order valence-electron chi connectivity index (χ0n) is 17.6. The molecule has 7 nitrogen and oxygen atoms in total. The van der Waals surface area contributed by atoms with Crippen LogP contribution >= 0.6 is 22.9 Å². The molecule has 34 heavy (non-hydrogen) atoms. The lowest BCUT2D eigenvalue weighted by Gasteiger charge is -2.05. The number of aromatic nitrogens is 3. The Morgan fingerprint density at radius 2 is 1.76 bits per heavy atom. The number of nitrogens with zero attached hydrogens (tertiary/aromatic N) is 2. The number of halogens is 1. The number of fused-ring (bicyclic) bond motifs is 1. The standard InChI is InChI=1S/C25H17ClN4O3S/c26-18-9-6-15(7-10-18)21-14-34-25(29-21)30-22(31)13-33-24(32)17-8-11-19-20(12-17)28-23(27-19)16-4-2-1-3-5-16/h1-12,14H,13H2,(H,27,28)(H,29,30,31). The fourth-order valence-electron chi connectivity index (χ4n) is 3.32. The number of H-pyrrole nitrogens is 1. The molecule has 2 aromatic heterocycles. The summed E-state index contributed by atoms with van der Waals surface area (Å²) >= 11 is 7.19. The van der Waals surface area contributed by atoms with Crippen molar-refractivity contribution in [1.82, 2.24) is 15.0 Å². The summed E-state index contributed by atoms with van der Waals surface area (Å²) in [6.07, 6.45) is 0. The molecule has 0 saturated heterocycles. The van der Waals surface area contributed by atoms with E-state index in [9.17, 15) is 9.59 Å². The first-order valence-corrected chi connectivity index (χ1v) is 11.5. The molecule has 0 radical (unpaired) electrons. The summed E-state index contributed by atoms with van der Waals surface area (Å²) in [4.78, 5) is 36.9. The third-order valence-corrected chi connectivity index (χ3v) is 6.00. The van der Waals surface area contributed by atoms with Crippen LogP contribution in [0, 0.1) is 0 Å². The fraction of sp³-hybridized carbons (Fsp3) is 0.0400. The topological polar surface area (TPSA) is 97.0 Å². The van der Waals surface area contributed by atoms with Crippen LogP contribution < -0.4 is 5.32 Å². The van der Waals surface area contributed by atoms with Crippen molar-refractivity contribution in [3.8, 4) is 22.6 Å². The SMILES string of the molecule is O=C(COC(=O)c1ccc2nc(-c3ccccc3)[nH]c2c1)Nc1nc(-c2ccc(Cl)cc2)cs1. The van der Waals surface area contributed by atoms with E-state index in [1.165, 1.54) is 11.3 Å². The van der Waals surface area contributed by atoms with Gasteiger partial charge in [0.15, 0.2) is 11.7 Å². The number of aromatic amines is 1. The summed E-state index contributed by atoms with van der Waals surface area (Å²) in [5.74, 6) is -0.366. The lowest BCUT2D eigenvalue weighted by atomic mass is 10.2. The van der Waals surface area contributed by atoms with Crippen molar-refractivity contribution in [3.05, 3.63) is 88.8 Å². The Labute approximate surface area is 203 Å². The highest BCUT2D eigenvalue weighted by Gasteiger charge is 2.14. The van der Waals surface area contributed by atoms with Crippen molar-refractivity contribution in [2.45, 2.75) is 0 Å². The minimum absolute atomic E-state index is 0.322. The normalized spacial score (nSPS) is 10.9. The van der Waals surface area contributed by atoms with Crippen molar-refractivity contribution < 1.29 is 14.3 Å². The average Bonchev–Trinajstić information content (AvgIpc) is 3.50. The molecule has 1 amide bonds. The van der Waals surface area contributed by atoms with Gasteiger partial charge >= 0.3 is 5.97 Å². The zero-order chi connectivity index (χ0) is 23.5. The van der Waals surface area contributed by atoms with Gasteiger partial charge in [-0.05, 0) is 30.3 Å². The van der Waals surface area contributed by atoms with Gasteiger partial charge in [-0.1, -0.05) is 54.1 Å². The largest absolute Gasteiger partial charge is 0.452 e. The first kappa shape index (κ1) is 21.8. The van der Waals surface area contributed by atoms with Crippen LogP contribution in [0.3, 0.4) is 0 Å². The molecule has 0 spiro atoms. The molecule has 0 aliphatic carbocycles. The summed E-state index contributed by atoms with van der Waals surface area (Å²) in [5.41, 5.74) is 4.31. The van der Waals surface area contributed by atoms with E-state index in [0.717, 1.165) is 22.3 Å². The number of hydrogen-bond acceptors (Lipinski definition) is 6. The number of esters is 1. The molecule has 9 heteroatoms. The van der Waals surface area contributed by atoms with Gasteiger partial charge < -0.3 is 9.72 Å². The van der Waals surface area contributed by atoms with E-state index in [1.54, 1.807) is 30.3 Å². The summed E-state index contributed by atoms with van der Waals surface area (Å²) < 4.78 is 5.18. The maximum Gasteiger partial charge on any atom is 0.338 e. The molecular weight excluding hydrogens is 472 g/mol. The summed E-state index contributed by atoms with van der Waals surface area (Å²) in [5, 5.41) is 5.53. The van der Waals surface area contributed by atoms with Gasteiger partial charge in [0.1, 0.15) is 5.82 Å². The third kappa shape index (κ3) is 4.83. The second-order valence-electron chi connectivity index (χ2n) is 7.35. The number of carbonyl (C=O) groups is 2. The molecule has 0 aliphatic rings. The maximum atomic E-state index is 12.5. The van der Waals surface area contributed by atoms with E-state index in [0.29, 0.717) is 27.1 Å². The molecule has 2 N–H and O–H groups in total. The molecule has 2 heterocycles. The van der Waals surface area contributed by atoms with Gasteiger partial charge in [-0.2, -0.15) is 0 Å². The number of hydrogen-bond donors (Lipinski definition) is 2. The smallest absolute Gasteiger partial charge is 0.338 e. The Morgan fingerprint density at radius 3 is 2.56 bits per heavy atom. The number of carbonyl (C=O) groups excluding carboxylic acids is 2. The van der Waals surface area contributed by atoms with Gasteiger partial charge in [0.25, 0.3) is 5.91 Å². The number of amides is 1. The molecule has 0 aliphatic heterocycles. The monoisotopic (exact) mass is 488 g/mol. The van der Waals surface area contributed by atoms with Gasteiger partial charge in [0.2, 0.25) is 0 Å². The van der Waals surface area contributed by atoms with E-state index >= 15 is 0 Å². The average molecular weight is 489 g/mol. The quantitative estimate of drug-likeness (QED) is 0.294. The molecule has 0 bridgehead atoms. The summed E-state index contributed by atoms with van der Waals surface area (Å²) in [6.45, 7) is -0.426. The van der Waals surface area contributed by atoms with Crippen LogP contribution in [0.5, 0.6) is 0 Å². The molecule has 5 rings (SSSR count). The van der Waals surface area contributed by atoms with Crippen LogP contribution in [-0.2, 0) is 9.53 Å². The highest BCUT2D eigenvalue weighted by molar-refractivity contribution is 7.14. The fourth-order valence-corrected chi connectivity index (χ4v) is 4.19. The van der Waals surface area contributed by atoms with E-state index in [2.05, 4.69) is 20.3 Å². The number of ether oxygens (including phenoxy) is 1. The number of nitrogens with one attached hydrogen (secondary N) is 2. The van der Waals surface area contributed by atoms with Crippen LogP contribution in [0.1, 0.15) is 10.4 Å². The molecular formula is C25H17ClN4O3S. The van der Waals surface area contributed by atoms with Crippen LogP contribution in [0.15, 0.2) is 78.2 Å². The second kappa shape index (κ2) is 9.46. The van der Waals surface area contributed by atoms with Crippen molar-refractivity contribution >= 4 is 51.0 Å². The van der Waals surface area contributed by atoms with Gasteiger partial charge in [0.05, 0.1) is 22.3 Å². The number of imidazole rings is 1. The molecule has 3 aromatic carbocycles. The predicted molar refractivity (Wildman–Crippen MR) is 133 cm³/mol. The Kier molecular flexibility index (Phi) is 6.07. The van der Waals surface area contributed by atoms with Crippen molar-refractivity contribution in [2.75, 3.05) is 11.9 Å². The Hall–Kier alpha value is -4.01. The van der Waals surface area contributed by atoms with Gasteiger partial charge in [-0.25, -0.2) is 14.8 Å². The molecule has 0 saturated carbocycles. The van der Waals surface area contributed by atoms with E-state index in [4.69, 9.17) is 16.3 Å². The Bertz CT molecular complexity index is 1480.